The molecule has 104 valence electrons. The van der Waals surface area contributed by atoms with Gasteiger partial charge in [-0.2, -0.15) is 0 Å². The van der Waals surface area contributed by atoms with Gasteiger partial charge in [0.05, 0.1) is 18.4 Å². The highest BCUT2D eigenvalue weighted by Gasteiger charge is 2.14. The third-order valence-electron chi connectivity index (χ3n) is 2.66. The lowest BCUT2D eigenvalue weighted by atomic mass is 10.1. The Balaban J connectivity index is 2.13. The summed E-state index contributed by atoms with van der Waals surface area (Å²) in [4.78, 5) is 12.5. The summed E-state index contributed by atoms with van der Waals surface area (Å²) in [6, 6.07) is 9.94. The van der Waals surface area contributed by atoms with Crippen molar-refractivity contribution in [2.24, 2.45) is 0 Å². The van der Waals surface area contributed by atoms with Gasteiger partial charge in [0, 0.05) is 4.90 Å². The lowest BCUT2D eigenvalue weighted by Gasteiger charge is -2.08. The summed E-state index contributed by atoms with van der Waals surface area (Å²) in [7, 11) is 1.41. The number of halogens is 2. The molecule has 0 fully saturated rings. The summed E-state index contributed by atoms with van der Waals surface area (Å²) >= 11 is 1.07. The number of thioether (sulfide) groups is 1. The summed E-state index contributed by atoms with van der Waals surface area (Å²) in [5.74, 6) is -0.873. The van der Waals surface area contributed by atoms with E-state index in [0.29, 0.717) is 10.6 Å². The Morgan fingerprint density at radius 1 is 1.20 bits per heavy atom. The molecule has 20 heavy (non-hydrogen) atoms. The zero-order valence-corrected chi connectivity index (χ0v) is 11.5. The molecule has 0 unspecified atom stereocenters. The standard InChI is InChI=1S/C15H12F2O2S/c1-19-14-7-6-10(16)8-11(14)13(18)9-20-15-5-3-2-4-12(15)17/h2-8H,9H2,1H3. The normalized spacial score (nSPS) is 10.3. The van der Waals surface area contributed by atoms with Crippen LogP contribution in [0.15, 0.2) is 47.4 Å². The Kier molecular flexibility index (Phi) is 4.74. The van der Waals surface area contributed by atoms with E-state index >= 15 is 0 Å². The second kappa shape index (κ2) is 6.52. The Bertz CT molecular complexity index is 629. The van der Waals surface area contributed by atoms with E-state index in [1.165, 1.54) is 25.3 Å². The first-order chi connectivity index (χ1) is 9.61. The fourth-order valence-electron chi connectivity index (χ4n) is 1.68. The van der Waals surface area contributed by atoms with Crippen LogP contribution in [0.1, 0.15) is 10.4 Å². The third kappa shape index (κ3) is 3.36. The average molecular weight is 294 g/mol. The van der Waals surface area contributed by atoms with E-state index < -0.39 is 5.82 Å². The molecule has 0 radical (unpaired) electrons. The van der Waals surface area contributed by atoms with E-state index in [1.54, 1.807) is 18.2 Å². The fraction of sp³-hybridized carbons (Fsp3) is 0.133. The van der Waals surface area contributed by atoms with Gasteiger partial charge in [-0.1, -0.05) is 12.1 Å². The molecular formula is C15H12F2O2S. The predicted molar refractivity (Wildman–Crippen MR) is 74.4 cm³/mol. The van der Waals surface area contributed by atoms with Crippen LogP contribution in [0.2, 0.25) is 0 Å². The molecule has 0 aromatic heterocycles. The number of Topliss-reactive ketones (excluding diaryl/α,β-unsaturated/α-hetero) is 1. The van der Waals surface area contributed by atoms with Crippen LogP contribution in [0.4, 0.5) is 8.78 Å². The lowest BCUT2D eigenvalue weighted by molar-refractivity contribution is 0.101. The minimum Gasteiger partial charge on any atom is -0.496 e. The molecule has 0 heterocycles. The number of hydrogen-bond donors (Lipinski definition) is 0. The molecule has 2 rings (SSSR count). The zero-order valence-electron chi connectivity index (χ0n) is 10.7. The van der Waals surface area contributed by atoms with E-state index in [0.717, 1.165) is 17.8 Å². The first-order valence-electron chi connectivity index (χ1n) is 5.86. The summed E-state index contributed by atoms with van der Waals surface area (Å²) in [5.41, 5.74) is 0.163. The number of ketones is 1. The predicted octanol–water partition coefficient (Wildman–Crippen LogP) is 3.95. The number of ether oxygens (including phenoxy) is 1. The van der Waals surface area contributed by atoms with Crippen molar-refractivity contribution < 1.29 is 18.3 Å². The monoisotopic (exact) mass is 294 g/mol. The van der Waals surface area contributed by atoms with E-state index in [1.807, 2.05) is 0 Å². The molecule has 0 saturated heterocycles. The van der Waals surface area contributed by atoms with Gasteiger partial charge in [-0.3, -0.25) is 4.79 Å². The van der Waals surface area contributed by atoms with Gasteiger partial charge in [-0.05, 0) is 30.3 Å². The van der Waals surface area contributed by atoms with Gasteiger partial charge in [0.1, 0.15) is 17.4 Å². The second-order valence-electron chi connectivity index (χ2n) is 3.99. The van der Waals surface area contributed by atoms with Crippen molar-refractivity contribution in [3.63, 3.8) is 0 Å². The average Bonchev–Trinajstić information content (AvgIpc) is 2.46. The summed E-state index contributed by atoms with van der Waals surface area (Å²) in [5, 5.41) is 0. The number of rotatable bonds is 5. The maximum Gasteiger partial charge on any atom is 0.176 e. The molecule has 0 aliphatic rings. The first-order valence-corrected chi connectivity index (χ1v) is 6.84. The molecule has 0 bridgehead atoms. The third-order valence-corrected chi connectivity index (χ3v) is 3.71. The van der Waals surface area contributed by atoms with Gasteiger partial charge in [-0.15, -0.1) is 11.8 Å². The lowest BCUT2D eigenvalue weighted by Crippen LogP contribution is -2.05. The van der Waals surface area contributed by atoms with Gasteiger partial charge in [0.2, 0.25) is 0 Å². The molecule has 0 saturated carbocycles. The van der Waals surface area contributed by atoms with Crippen LogP contribution in [0.3, 0.4) is 0 Å². The van der Waals surface area contributed by atoms with Crippen LogP contribution in [0.25, 0.3) is 0 Å². The fourth-order valence-corrected chi connectivity index (χ4v) is 2.50. The minimum atomic E-state index is -0.509. The van der Waals surface area contributed by atoms with Crippen LogP contribution in [-0.4, -0.2) is 18.6 Å². The van der Waals surface area contributed by atoms with Crippen LogP contribution in [0.5, 0.6) is 5.75 Å². The number of methoxy groups -OCH3 is 1. The summed E-state index contributed by atoms with van der Waals surface area (Å²) < 4.78 is 31.7. The Labute approximate surface area is 119 Å². The zero-order chi connectivity index (χ0) is 14.5. The molecule has 2 nitrogen and oxygen atoms in total. The van der Waals surface area contributed by atoms with Gasteiger partial charge < -0.3 is 4.74 Å². The van der Waals surface area contributed by atoms with E-state index in [9.17, 15) is 13.6 Å². The molecule has 0 aliphatic heterocycles. The summed E-state index contributed by atoms with van der Waals surface area (Å²) in [6.45, 7) is 0. The number of carbonyl (C=O) groups excluding carboxylic acids is 1. The van der Waals surface area contributed by atoms with Crippen LogP contribution in [0, 0.1) is 11.6 Å². The van der Waals surface area contributed by atoms with Crippen LogP contribution >= 0.6 is 11.8 Å². The maximum atomic E-state index is 13.4. The van der Waals surface area contributed by atoms with Crippen molar-refractivity contribution in [3.05, 3.63) is 59.7 Å². The first kappa shape index (κ1) is 14.5. The van der Waals surface area contributed by atoms with Gasteiger partial charge in [0.15, 0.2) is 5.78 Å². The number of hydrogen-bond acceptors (Lipinski definition) is 3. The second-order valence-corrected chi connectivity index (χ2v) is 5.00. The molecule has 0 amide bonds. The highest BCUT2D eigenvalue weighted by atomic mass is 32.2. The number of carbonyl (C=O) groups is 1. The van der Waals surface area contributed by atoms with Crippen LogP contribution < -0.4 is 4.74 Å². The molecule has 5 heteroatoms. The van der Waals surface area contributed by atoms with Crippen molar-refractivity contribution >= 4 is 17.5 Å². The van der Waals surface area contributed by atoms with E-state index in [-0.39, 0.29) is 22.9 Å². The van der Waals surface area contributed by atoms with Crippen molar-refractivity contribution in [1.82, 2.24) is 0 Å². The van der Waals surface area contributed by atoms with Gasteiger partial charge in [0.25, 0.3) is 0 Å². The molecule has 0 spiro atoms. The largest absolute Gasteiger partial charge is 0.496 e. The van der Waals surface area contributed by atoms with Crippen molar-refractivity contribution in [2.45, 2.75) is 4.90 Å². The topological polar surface area (TPSA) is 26.3 Å². The highest BCUT2D eigenvalue weighted by Crippen LogP contribution is 2.25. The van der Waals surface area contributed by atoms with Crippen molar-refractivity contribution in [1.29, 1.82) is 0 Å². The van der Waals surface area contributed by atoms with Gasteiger partial charge >= 0.3 is 0 Å². The molecule has 2 aromatic carbocycles. The molecule has 0 atom stereocenters. The molecule has 2 aromatic rings. The van der Waals surface area contributed by atoms with Crippen LogP contribution in [-0.2, 0) is 0 Å². The smallest absolute Gasteiger partial charge is 0.176 e. The molecule has 0 aliphatic carbocycles. The Morgan fingerprint density at radius 2 is 1.95 bits per heavy atom. The van der Waals surface area contributed by atoms with E-state index in [4.69, 9.17) is 4.74 Å². The highest BCUT2D eigenvalue weighted by molar-refractivity contribution is 8.00. The number of benzene rings is 2. The molecule has 0 N–H and O–H groups in total. The SMILES string of the molecule is COc1ccc(F)cc1C(=O)CSc1ccccc1F. The molecular weight excluding hydrogens is 282 g/mol. The van der Waals surface area contributed by atoms with Crippen molar-refractivity contribution in [2.75, 3.05) is 12.9 Å². The maximum absolute atomic E-state index is 13.4. The Morgan fingerprint density at radius 3 is 2.65 bits per heavy atom. The quantitative estimate of drug-likeness (QED) is 0.617. The van der Waals surface area contributed by atoms with Gasteiger partial charge in [-0.25, -0.2) is 8.78 Å². The Hall–Kier alpha value is -1.88. The summed E-state index contributed by atoms with van der Waals surface area (Å²) in [6.07, 6.45) is 0. The van der Waals surface area contributed by atoms with Crippen molar-refractivity contribution in [3.8, 4) is 5.75 Å². The van der Waals surface area contributed by atoms with E-state index in [2.05, 4.69) is 0 Å². The minimum absolute atomic E-state index is 0.0146.